The fraction of sp³-hybridized carbons (Fsp3) is 0.800. The molecule has 5 nitrogen and oxygen atoms in total. The van der Waals surface area contributed by atoms with E-state index in [-0.39, 0.29) is 11.4 Å². The van der Waals surface area contributed by atoms with E-state index in [1.54, 1.807) is 0 Å². The summed E-state index contributed by atoms with van der Waals surface area (Å²) >= 11 is 6.00. The highest BCUT2D eigenvalue weighted by Crippen LogP contribution is 2.25. The van der Waals surface area contributed by atoms with Crippen LogP contribution in [0, 0.1) is 5.92 Å². The lowest BCUT2D eigenvalue weighted by Gasteiger charge is -2.21. The summed E-state index contributed by atoms with van der Waals surface area (Å²) < 4.78 is 5.54. The predicted molar refractivity (Wildman–Crippen MR) is 85.1 cm³/mol. The molecule has 1 aromatic heterocycles. The van der Waals surface area contributed by atoms with E-state index in [0.29, 0.717) is 12.0 Å². The summed E-state index contributed by atoms with van der Waals surface area (Å²) in [4.78, 5) is 14.9. The van der Waals surface area contributed by atoms with Gasteiger partial charge in [-0.3, -0.25) is 0 Å². The molecule has 1 aromatic rings. The third-order valence-electron chi connectivity index (χ3n) is 3.74. The standard InChI is InChI=1S/C15H25ClN4O/c1-4-6-12-7-5-9-20(10-8-12)14-17-13(16)18-15(19-14)21-11(2)3/h11-12H,4-10H2,1-3H3. The first-order valence-corrected chi connectivity index (χ1v) is 8.29. The Labute approximate surface area is 132 Å². The van der Waals surface area contributed by atoms with Gasteiger partial charge in [0.05, 0.1) is 6.10 Å². The molecule has 0 N–H and O–H groups in total. The lowest BCUT2D eigenvalue weighted by Crippen LogP contribution is -2.27. The van der Waals surface area contributed by atoms with Gasteiger partial charge < -0.3 is 9.64 Å². The normalized spacial score (nSPS) is 19.7. The third-order valence-corrected chi connectivity index (χ3v) is 3.91. The maximum absolute atomic E-state index is 6.00. The lowest BCUT2D eigenvalue weighted by atomic mass is 9.96. The van der Waals surface area contributed by atoms with Gasteiger partial charge in [-0.25, -0.2) is 0 Å². The summed E-state index contributed by atoms with van der Waals surface area (Å²) in [5, 5.41) is 0.199. The SMILES string of the molecule is CCCC1CCCN(c2nc(Cl)nc(OC(C)C)n2)CC1. The number of halogens is 1. The smallest absolute Gasteiger partial charge is 0.322 e. The van der Waals surface area contributed by atoms with E-state index in [1.165, 1.54) is 32.1 Å². The van der Waals surface area contributed by atoms with Gasteiger partial charge in [-0.05, 0) is 50.6 Å². The highest BCUT2D eigenvalue weighted by Gasteiger charge is 2.20. The van der Waals surface area contributed by atoms with Gasteiger partial charge in [0, 0.05) is 13.1 Å². The summed E-state index contributed by atoms with van der Waals surface area (Å²) in [7, 11) is 0. The molecule has 1 atom stereocenters. The van der Waals surface area contributed by atoms with E-state index >= 15 is 0 Å². The van der Waals surface area contributed by atoms with Crippen molar-refractivity contribution in [3.63, 3.8) is 0 Å². The van der Waals surface area contributed by atoms with Crippen molar-refractivity contribution in [1.29, 1.82) is 0 Å². The number of aromatic nitrogens is 3. The van der Waals surface area contributed by atoms with Gasteiger partial charge in [0.2, 0.25) is 11.2 Å². The van der Waals surface area contributed by atoms with Gasteiger partial charge in [0.1, 0.15) is 0 Å². The first-order valence-electron chi connectivity index (χ1n) is 7.91. The zero-order valence-electron chi connectivity index (χ0n) is 13.2. The van der Waals surface area contributed by atoms with Gasteiger partial charge in [-0.2, -0.15) is 15.0 Å². The van der Waals surface area contributed by atoms with Crippen LogP contribution in [0.25, 0.3) is 0 Å². The molecule has 1 aliphatic rings. The van der Waals surface area contributed by atoms with Crippen LogP contribution in [-0.2, 0) is 0 Å². The number of hydrogen-bond donors (Lipinski definition) is 0. The lowest BCUT2D eigenvalue weighted by molar-refractivity contribution is 0.221. The van der Waals surface area contributed by atoms with Crippen LogP contribution in [0.4, 0.5) is 5.95 Å². The Balaban J connectivity index is 2.08. The monoisotopic (exact) mass is 312 g/mol. The Morgan fingerprint density at radius 3 is 2.76 bits per heavy atom. The van der Waals surface area contributed by atoms with Crippen molar-refractivity contribution < 1.29 is 4.74 Å². The second-order valence-corrected chi connectivity index (χ2v) is 6.26. The van der Waals surface area contributed by atoms with Crippen LogP contribution in [0.15, 0.2) is 0 Å². The van der Waals surface area contributed by atoms with Crippen LogP contribution < -0.4 is 9.64 Å². The molecule has 118 valence electrons. The van der Waals surface area contributed by atoms with E-state index in [4.69, 9.17) is 16.3 Å². The maximum atomic E-state index is 6.00. The second-order valence-electron chi connectivity index (χ2n) is 5.93. The Morgan fingerprint density at radius 2 is 2.05 bits per heavy atom. The summed E-state index contributed by atoms with van der Waals surface area (Å²) in [5.41, 5.74) is 0. The van der Waals surface area contributed by atoms with Crippen molar-refractivity contribution in [3.8, 4) is 6.01 Å². The van der Waals surface area contributed by atoms with E-state index < -0.39 is 0 Å². The van der Waals surface area contributed by atoms with Gasteiger partial charge in [0.15, 0.2) is 0 Å². The Kier molecular flexibility index (Phi) is 6.03. The molecular weight excluding hydrogens is 288 g/mol. The van der Waals surface area contributed by atoms with Crippen molar-refractivity contribution in [2.75, 3.05) is 18.0 Å². The molecule has 6 heteroatoms. The fourth-order valence-corrected chi connectivity index (χ4v) is 2.94. The minimum Gasteiger partial charge on any atom is -0.461 e. The number of hydrogen-bond acceptors (Lipinski definition) is 5. The van der Waals surface area contributed by atoms with Crippen LogP contribution in [-0.4, -0.2) is 34.1 Å². The number of ether oxygens (including phenoxy) is 1. The minimum absolute atomic E-state index is 0.0226. The Bertz CT molecular complexity index is 455. The summed E-state index contributed by atoms with van der Waals surface area (Å²) in [6.07, 6.45) is 6.25. The predicted octanol–water partition coefficient (Wildman–Crippen LogP) is 3.72. The fourth-order valence-electron chi connectivity index (χ4n) is 2.79. The molecule has 1 aliphatic heterocycles. The third kappa shape index (κ3) is 4.99. The second kappa shape index (κ2) is 7.78. The average molecular weight is 313 g/mol. The van der Waals surface area contributed by atoms with Crippen molar-refractivity contribution >= 4 is 17.5 Å². The highest BCUT2D eigenvalue weighted by molar-refractivity contribution is 6.28. The first-order chi connectivity index (χ1) is 10.1. The Hall–Kier alpha value is -1.10. The summed E-state index contributed by atoms with van der Waals surface area (Å²) in [6, 6.07) is 0.314. The van der Waals surface area contributed by atoms with Crippen LogP contribution in [0.1, 0.15) is 52.9 Å². The first kappa shape index (κ1) is 16.3. The van der Waals surface area contributed by atoms with Crippen LogP contribution in [0.5, 0.6) is 6.01 Å². The number of anilines is 1. The highest BCUT2D eigenvalue weighted by atomic mass is 35.5. The summed E-state index contributed by atoms with van der Waals surface area (Å²) in [5.74, 6) is 1.46. The molecule has 1 saturated heterocycles. The van der Waals surface area contributed by atoms with Crippen LogP contribution in [0.3, 0.4) is 0 Å². The van der Waals surface area contributed by atoms with Gasteiger partial charge in [-0.15, -0.1) is 0 Å². The molecule has 2 rings (SSSR count). The molecule has 1 fully saturated rings. The van der Waals surface area contributed by atoms with Crippen molar-refractivity contribution in [3.05, 3.63) is 5.28 Å². The van der Waals surface area contributed by atoms with Crippen LogP contribution in [0.2, 0.25) is 5.28 Å². The van der Waals surface area contributed by atoms with Gasteiger partial charge >= 0.3 is 6.01 Å². The van der Waals surface area contributed by atoms with Gasteiger partial charge in [0.25, 0.3) is 0 Å². The maximum Gasteiger partial charge on any atom is 0.322 e. The molecule has 21 heavy (non-hydrogen) atoms. The zero-order valence-corrected chi connectivity index (χ0v) is 13.9. The molecule has 0 aliphatic carbocycles. The van der Waals surface area contributed by atoms with Crippen molar-refractivity contribution in [2.45, 2.75) is 59.0 Å². The van der Waals surface area contributed by atoms with Crippen molar-refractivity contribution in [1.82, 2.24) is 15.0 Å². The minimum atomic E-state index is 0.0226. The topological polar surface area (TPSA) is 51.1 Å². The van der Waals surface area contributed by atoms with E-state index in [1.807, 2.05) is 13.8 Å². The van der Waals surface area contributed by atoms with E-state index in [2.05, 4.69) is 26.8 Å². The molecule has 0 bridgehead atoms. The average Bonchev–Trinajstić information content (AvgIpc) is 2.63. The molecule has 0 spiro atoms. The molecular formula is C15H25ClN4O. The number of nitrogens with zero attached hydrogens (tertiary/aromatic N) is 4. The largest absolute Gasteiger partial charge is 0.461 e. The van der Waals surface area contributed by atoms with Gasteiger partial charge in [-0.1, -0.05) is 19.8 Å². The van der Waals surface area contributed by atoms with Crippen LogP contribution >= 0.6 is 11.6 Å². The zero-order chi connectivity index (χ0) is 15.2. The molecule has 2 heterocycles. The quantitative estimate of drug-likeness (QED) is 0.829. The molecule has 0 radical (unpaired) electrons. The molecule has 0 aromatic carbocycles. The molecule has 0 amide bonds. The van der Waals surface area contributed by atoms with E-state index in [9.17, 15) is 0 Å². The van der Waals surface area contributed by atoms with E-state index in [0.717, 1.165) is 19.0 Å². The number of rotatable bonds is 5. The molecule has 0 saturated carbocycles. The molecule has 1 unspecified atom stereocenters. The Morgan fingerprint density at radius 1 is 1.24 bits per heavy atom. The summed E-state index contributed by atoms with van der Waals surface area (Å²) in [6.45, 7) is 8.09. The van der Waals surface area contributed by atoms with Crippen molar-refractivity contribution in [2.24, 2.45) is 5.92 Å².